The molecule has 0 atom stereocenters. The van der Waals surface area contributed by atoms with Crippen molar-refractivity contribution in [2.24, 2.45) is 0 Å². The zero-order chi connectivity index (χ0) is 15.5. The van der Waals surface area contributed by atoms with E-state index in [4.69, 9.17) is 27.5 Å². The molecule has 6 nitrogen and oxygen atoms in total. The van der Waals surface area contributed by atoms with E-state index in [9.17, 15) is 0 Å². The molecule has 0 saturated carbocycles. The van der Waals surface area contributed by atoms with Crippen LogP contribution < -0.4 is 0 Å². The largest absolute Gasteiger partial charge is 0.398 e. The molecule has 0 radical (unpaired) electrons. The van der Waals surface area contributed by atoms with Crippen LogP contribution >= 0.6 is 0 Å². The maximum Gasteiger partial charge on any atom is 0.334 e. The Morgan fingerprint density at radius 2 is 0.900 bits per heavy atom. The smallest absolute Gasteiger partial charge is 0.334 e. The van der Waals surface area contributed by atoms with Crippen molar-refractivity contribution in [3.63, 3.8) is 0 Å². The van der Waals surface area contributed by atoms with E-state index in [0.29, 0.717) is 13.2 Å². The van der Waals surface area contributed by atoms with Crippen molar-refractivity contribution < 1.29 is 27.5 Å². The van der Waals surface area contributed by atoms with Crippen LogP contribution in [0.15, 0.2) is 0 Å². The fourth-order valence-corrected chi connectivity index (χ4v) is 4.32. The highest BCUT2D eigenvalue weighted by molar-refractivity contribution is 6.66. The predicted molar refractivity (Wildman–Crippen MR) is 82.0 cm³/mol. The summed E-state index contributed by atoms with van der Waals surface area (Å²) in [5.74, 6) is 0. The molecule has 0 spiro atoms. The van der Waals surface area contributed by atoms with Crippen molar-refractivity contribution in [1.29, 1.82) is 0 Å². The van der Waals surface area contributed by atoms with Crippen LogP contribution in [0.25, 0.3) is 0 Å². The van der Waals surface area contributed by atoms with E-state index >= 15 is 0 Å². The Bertz CT molecular complexity index is 210. The number of rotatable bonds is 13. The highest BCUT2D eigenvalue weighted by Gasteiger charge is 2.28. The van der Waals surface area contributed by atoms with Crippen LogP contribution in [0.1, 0.15) is 12.8 Å². The van der Waals surface area contributed by atoms with E-state index in [1.807, 2.05) is 13.1 Å². The minimum Gasteiger partial charge on any atom is -0.398 e. The van der Waals surface area contributed by atoms with E-state index < -0.39 is 17.1 Å². The topological polar surface area (TPSA) is 55.4 Å². The van der Waals surface area contributed by atoms with Gasteiger partial charge in [-0.05, 0) is 38.0 Å². The summed E-state index contributed by atoms with van der Waals surface area (Å²) in [6, 6.07) is 1.78. The maximum atomic E-state index is 5.39. The zero-order valence-electron chi connectivity index (χ0n) is 13.7. The molecular formula is C12H30O6Si2. The molecule has 0 aromatic heterocycles. The Kier molecular flexibility index (Phi) is 11.0. The second-order valence-corrected chi connectivity index (χ2v) is 12.1. The second kappa shape index (κ2) is 10.9. The van der Waals surface area contributed by atoms with E-state index in [0.717, 1.165) is 24.9 Å². The van der Waals surface area contributed by atoms with Crippen molar-refractivity contribution in [2.45, 2.75) is 38.0 Å². The van der Waals surface area contributed by atoms with Gasteiger partial charge in [0.05, 0.1) is 13.2 Å². The third-order valence-corrected chi connectivity index (χ3v) is 9.51. The molecule has 20 heavy (non-hydrogen) atoms. The molecule has 8 heteroatoms. The molecule has 0 aliphatic carbocycles. The van der Waals surface area contributed by atoms with Gasteiger partial charge in [0.1, 0.15) is 0 Å². The molecule has 0 amide bonds. The maximum absolute atomic E-state index is 5.39. The summed E-state index contributed by atoms with van der Waals surface area (Å²) in [4.78, 5) is 10.3. The van der Waals surface area contributed by atoms with Gasteiger partial charge in [-0.2, -0.15) is 0 Å². The summed E-state index contributed by atoms with van der Waals surface area (Å²) < 4.78 is 21.6. The van der Waals surface area contributed by atoms with Gasteiger partial charge in [0, 0.05) is 28.4 Å². The van der Waals surface area contributed by atoms with Crippen molar-refractivity contribution in [3.05, 3.63) is 0 Å². The number of hydrogen-bond donors (Lipinski definition) is 0. The van der Waals surface area contributed by atoms with Crippen LogP contribution in [0.4, 0.5) is 0 Å². The molecule has 0 aliphatic rings. The minimum absolute atomic E-state index is 0.554. The Hall–Kier alpha value is 0.194. The van der Waals surface area contributed by atoms with Crippen molar-refractivity contribution in [1.82, 2.24) is 0 Å². The average molecular weight is 327 g/mol. The van der Waals surface area contributed by atoms with Crippen LogP contribution in [-0.2, 0) is 27.5 Å². The third kappa shape index (κ3) is 8.47. The molecule has 0 aromatic rings. The summed E-state index contributed by atoms with van der Waals surface area (Å²) in [5, 5.41) is 0. The van der Waals surface area contributed by atoms with Gasteiger partial charge in [0.2, 0.25) is 0 Å². The SMILES string of the molecule is CO[Si](C)(CCCOOCCC[Si](C)(OC)OC)OC. The molecule has 0 aromatic carbocycles. The molecule has 0 bridgehead atoms. The highest BCUT2D eigenvalue weighted by atomic mass is 28.4. The van der Waals surface area contributed by atoms with E-state index in [2.05, 4.69) is 0 Å². The fraction of sp³-hybridized carbons (Fsp3) is 1.00. The first-order valence-corrected chi connectivity index (χ1v) is 11.9. The first kappa shape index (κ1) is 20.2. The second-order valence-electron chi connectivity index (χ2n) is 4.94. The van der Waals surface area contributed by atoms with Gasteiger partial charge in [-0.1, -0.05) is 0 Å². The average Bonchev–Trinajstić information content (AvgIpc) is 2.49. The fourth-order valence-electron chi connectivity index (χ4n) is 1.60. The van der Waals surface area contributed by atoms with Gasteiger partial charge in [-0.15, -0.1) is 0 Å². The van der Waals surface area contributed by atoms with Gasteiger partial charge < -0.3 is 17.7 Å². The lowest BCUT2D eigenvalue weighted by Crippen LogP contribution is -2.36. The standard InChI is InChI=1S/C12H30O6Si2/c1-13-19(5,14-2)11-7-9-17-18-10-8-12-20(6,15-3)16-4/h7-12H2,1-6H3. The van der Waals surface area contributed by atoms with Crippen LogP contribution in [0, 0.1) is 0 Å². The molecule has 0 fully saturated rings. The van der Waals surface area contributed by atoms with E-state index in [1.165, 1.54) is 0 Å². The molecule has 0 N–H and O–H groups in total. The predicted octanol–water partition coefficient (Wildman–Crippen LogP) is 2.44. The summed E-state index contributed by atoms with van der Waals surface area (Å²) in [6.45, 7) is 5.18. The van der Waals surface area contributed by atoms with Crippen LogP contribution in [0.5, 0.6) is 0 Å². The quantitative estimate of drug-likeness (QED) is 0.224. The molecule has 0 saturated heterocycles. The Morgan fingerprint density at radius 1 is 0.600 bits per heavy atom. The molecular weight excluding hydrogens is 296 g/mol. The summed E-state index contributed by atoms with van der Waals surface area (Å²) in [5.41, 5.74) is 0. The van der Waals surface area contributed by atoms with E-state index in [-0.39, 0.29) is 0 Å². The third-order valence-electron chi connectivity index (χ3n) is 3.53. The molecule has 0 heterocycles. The Balaban J connectivity index is 3.50. The normalized spacial score (nSPS) is 12.9. The Morgan fingerprint density at radius 3 is 1.15 bits per heavy atom. The van der Waals surface area contributed by atoms with E-state index in [1.54, 1.807) is 28.4 Å². The lowest BCUT2D eigenvalue weighted by molar-refractivity contribution is -0.294. The lowest BCUT2D eigenvalue weighted by atomic mass is 10.5. The van der Waals surface area contributed by atoms with Crippen LogP contribution in [-0.4, -0.2) is 58.8 Å². The summed E-state index contributed by atoms with van der Waals surface area (Å²) in [6.07, 6.45) is 1.74. The molecule has 0 rings (SSSR count). The zero-order valence-corrected chi connectivity index (χ0v) is 15.7. The van der Waals surface area contributed by atoms with Crippen LogP contribution in [0.2, 0.25) is 25.2 Å². The minimum atomic E-state index is -1.97. The molecule has 0 unspecified atom stereocenters. The molecule has 0 aliphatic heterocycles. The first-order valence-electron chi connectivity index (χ1n) is 6.90. The van der Waals surface area contributed by atoms with Gasteiger partial charge >= 0.3 is 17.1 Å². The van der Waals surface area contributed by atoms with Gasteiger partial charge in [-0.3, -0.25) is 0 Å². The van der Waals surface area contributed by atoms with Gasteiger partial charge in [0.25, 0.3) is 0 Å². The van der Waals surface area contributed by atoms with Crippen molar-refractivity contribution >= 4 is 17.1 Å². The highest BCUT2D eigenvalue weighted by Crippen LogP contribution is 2.15. The van der Waals surface area contributed by atoms with Crippen LogP contribution in [0.3, 0.4) is 0 Å². The lowest BCUT2D eigenvalue weighted by Gasteiger charge is -2.22. The van der Waals surface area contributed by atoms with Gasteiger partial charge in [-0.25, -0.2) is 9.78 Å². The summed E-state index contributed by atoms with van der Waals surface area (Å²) in [7, 11) is 2.84. The van der Waals surface area contributed by atoms with Gasteiger partial charge in [0.15, 0.2) is 0 Å². The van der Waals surface area contributed by atoms with Crippen molar-refractivity contribution in [3.8, 4) is 0 Å². The first-order chi connectivity index (χ1) is 9.45. The molecule has 122 valence electrons. The Labute approximate surface area is 125 Å². The number of hydrogen-bond acceptors (Lipinski definition) is 6. The van der Waals surface area contributed by atoms with Crippen molar-refractivity contribution in [2.75, 3.05) is 41.7 Å². The monoisotopic (exact) mass is 326 g/mol. The summed E-state index contributed by atoms with van der Waals surface area (Å²) >= 11 is 0.